The Hall–Kier alpha value is -2.61. The first-order valence-corrected chi connectivity index (χ1v) is 7.58. The quantitative estimate of drug-likeness (QED) is 0.738. The molecule has 0 fully saturated rings. The Labute approximate surface area is 138 Å². The molecule has 2 aromatic heterocycles. The third-order valence-electron chi connectivity index (χ3n) is 3.30. The molecule has 3 aromatic rings. The van der Waals surface area contributed by atoms with Gasteiger partial charge in [0.15, 0.2) is 0 Å². The van der Waals surface area contributed by atoms with E-state index in [9.17, 15) is 23.1 Å². The summed E-state index contributed by atoms with van der Waals surface area (Å²) in [6, 6.07) is 6.17. The van der Waals surface area contributed by atoms with Crippen LogP contribution in [-0.4, -0.2) is 16.1 Å². The largest absolute Gasteiger partial charge is 0.477 e. The summed E-state index contributed by atoms with van der Waals surface area (Å²) in [5.41, 5.74) is 0.791. The van der Waals surface area contributed by atoms with Crippen molar-refractivity contribution in [2.24, 2.45) is 0 Å². The summed E-state index contributed by atoms with van der Waals surface area (Å²) >= 11 is 0.933. The van der Waals surface area contributed by atoms with Gasteiger partial charge in [0.25, 0.3) is 0 Å². The van der Waals surface area contributed by atoms with Crippen LogP contribution in [0.1, 0.15) is 26.5 Å². The monoisotopic (exact) mass is 353 g/mol. The summed E-state index contributed by atoms with van der Waals surface area (Å²) in [6.45, 7) is 0. The minimum atomic E-state index is -4.42. The summed E-state index contributed by atoms with van der Waals surface area (Å²) in [4.78, 5) is 15.7. The van der Waals surface area contributed by atoms with Gasteiger partial charge in [-0.2, -0.15) is 13.2 Å². The smallest absolute Gasteiger partial charge is 0.416 e. The molecule has 0 amide bonds. The molecule has 4 nitrogen and oxygen atoms in total. The number of carboxylic acids is 1. The lowest BCUT2D eigenvalue weighted by atomic mass is 10.1. The molecule has 8 heteroatoms. The summed E-state index contributed by atoms with van der Waals surface area (Å²) in [5.74, 6) is -1.12. The topological polar surface area (TPSA) is 63.3 Å². The molecule has 1 aromatic carbocycles. The van der Waals surface area contributed by atoms with Crippen molar-refractivity contribution in [3.05, 3.63) is 64.6 Å². The predicted molar refractivity (Wildman–Crippen MR) is 81.0 cm³/mol. The first-order chi connectivity index (χ1) is 11.3. The average Bonchev–Trinajstić information content (AvgIpc) is 3.16. The van der Waals surface area contributed by atoms with Crippen LogP contribution in [0.5, 0.6) is 0 Å². The van der Waals surface area contributed by atoms with Crippen LogP contribution in [0.2, 0.25) is 0 Å². The average molecular weight is 353 g/mol. The zero-order chi connectivity index (χ0) is 17.3. The van der Waals surface area contributed by atoms with E-state index in [4.69, 9.17) is 4.42 Å². The second kappa shape index (κ2) is 6.12. The van der Waals surface area contributed by atoms with Gasteiger partial charge in [-0.3, -0.25) is 0 Å². The van der Waals surface area contributed by atoms with Crippen LogP contribution in [0.15, 0.2) is 47.3 Å². The van der Waals surface area contributed by atoms with Crippen LogP contribution in [0, 0.1) is 0 Å². The minimum Gasteiger partial charge on any atom is -0.477 e. The van der Waals surface area contributed by atoms with E-state index in [1.165, 1.54) is 24.7 Å². The van der Waals surface area contributed by atoms with E-state index in [0.717, 1.165) is 29.0 Å². The van der Waals surface area contributed by atoms with Crippen LogP contribution < -0.4 is 0 Å². The van der Waals surface area contributed by atoms with Crippen LogP contribution in [0.25, 0.3) is 10.6 Å². The van der Waals surface area contributed by atoms with E-state index < -0.39 is 17.7 Å². The Bertz CT molecular complexity index is 852. The van der Waals surface area contributed by atoms with Crippen molar-refractivity contribution in [1.82, 2.24) is 4.98 Å². The van der Waals surface area contributed by atoms with E-state index in [1.807, 2.05) is 0 Å². The minimum absolute atomic E-state index is 0.0612. The lowest BCUT2D eigenvalue weighted by Crippen LogP contribution is -2.03. The number of rotatable bonds is 4. The van der Waals surface area contributed by atoms with Crippen molar-refractivity contribution < 1.29 is 27.5 Å². The molecule has 3 rings (SSSR count). The fourth-order valence-corrected chi connectivity index (χ4v) is 3.08. The normalized spacial score (nSPS) is 11.6. The lowest BCUT2D eigenvalue weighted by Gasteiger charge is -2.06. The first kappa shape index (κ1) is 16.3. The summed E-state index contributed by atoms with van der Waals surface area (Å²) in [6.07, 6.45) is -1.18. The first-order valence-electron chi connectivity index (χ1n) is 6.76. The molecule has 0 spiro atoms. The number of aromatic carboxylic acids is 1. The maximum Gasteiger partial charge on any atom is 0.416 e. The van der Waals surface area contributed by atoms with Crippen molar-refractivity contribution in [2.75, 3.05) is 0 Å². The third kappa shape index (κ3) is 3.33. The van der Waals surface area contributed by atoms with Crippen molar-refractivity contribution >= 4 is 17.3 Å². The van der Waals surface area contributed by atoms with Gasteiger partial charge in [0, 0.05) is 12.0 Å². The van der Waals surface area contributed by atoms with Gasteiger partial charge >= 0.3 is 12.1 Å². The highest BCUT2D eigenvalue weighted by Crippen LogP contribution is 2.33. The summed E-state index contributed by atoms with van der Waals surface area (Å²) < 4.78 is 42.8. The number of hydrogen-bond donors (Lipinski definition) is 1. The van der Waals surface area contributed by atoms with E-state index >= 15 is 0 Å². The van der Waals surface area contributed by atoms with E-state index in [2.05, 4.69) is 4.98 Å². The molecule has 0 unspecified atom stereocenters. The number of benzene rings is 1. The molecule has 0 aliphatic heterocycles. The number of aromatic nitrogens is 1. The molecular formula is C16H10F3NO3S. The van der Waals surface area contributed by atoms with Gasteiger partial charge in [0.1, 0.15) is 9.88 Å². The molecule has 0 bridgehead atoms. The molecule has 0 aliphatic rings. The van der Waals surface area contributed by atoms with Crippen molar-refractivity contribution in [2.45, 2.75) is 12.6 Å². The Morgan fingerprint density at radius 3 is 2.46 bits per heavy atom. The number of furan rings is 1. The molecule has 24 heavy (non-hydrogen) atoms. The van der Waals surface area contributed by atoms with Gasteiger partial charge in [0.05, 0.1) is 23.8 Å². The van der Waals surface area contributed by atoms with Crippen LogP contribution in [-0.2, 0) is 12.6 Å². The fourth-order valence-electron chi connectivity index (χ4n) is 2.15. The lowest BCUT2D eigenvalue weighted by molar-refractivity contribution is -0.137. The molecule has 0 aliphatic carbocycles. The Kier molecular flexibility index (Phi) is 4.15. The predicted octanol–water partition coefficient (Wildman–Crippen LogP) is 4.71. The molecule has 0 saturated carbocycles. The maximum absolute atomic E-state index is 12.6. The number of thiazole rings is 1. The molecular weight excluding hydrogens is 343 g/mol. The van der Waals surface area contributed by atoms with Crippen LogP contribution in [0.4, 0.5) is 13.2 Å². The van der Waals surface area contributed by atoms with E-state index in [-0.39, 0.29) is 11.3 Å². The molecule has 0 saturated heterocycles. The highest BCUT2D eigenvalue weighted by molar-refractivity contribution is 7.17. The highest BCUT2D eigenvalue weighted by Gasteiger charge is 2.30. The van der Waals surface area contributed by atoms with Gasteiger partial charge in [-0.1, -0.05) is 12.1 Å². The zero-order valence-corrected chi connectivity index (χ0v) is 12.8. The Morgan fingerprint density at radius 1 is 1.21 bits per heavy atom. The number of alkyl halides is 3. The fraction of sp³-hybridized carbons (Fsp3) is 0.125. The second-order valence-electron chi connectivity index (χ2n) is 4.98. The second-order valence-corrected chi connectivity index (χ2v) is 5.98. The van der Waals surface area contributed by atoms with Gasteiger partial charge in [-0.15, -0.1) is 11.3 Å². The molecule has 1 N–H and O–H groups in total. The maximum atomic E-state index is 12.6. The number of carbonyl (C=O) groups is 1. The van der Waals surface area contributed by atoms with Crippen LogP contribution >= 0.6 is 11.3 Å². The van der Waals surface area contributed by atoms with E-state index in [1.54, 1.807) is 6.07 Å². The van der Waals surface area contributed by atoms with Gasteiger partial charge < -0.3 is 9.52 Å². The van der Waals surface area contributed by atoms with Crippen molar-refractivity contribution in [3.8, 4) is 10.6 Å². The molecule has 0 atom stereocenters. The summed E-state index contributed by atoms with van der Waals surface area (Å²) in [5, 5.41) is 9.66. The standard InChI is InChI=1S/C16H10F3NO3S/c17-16(18,19)11-3-1-10(2-4-11)14-20-12(13(24-14)15(21)22)7-9-5-6-23-8-9/h1-6,8H,7H2,(H,21,22). The van der Waals surface area contributed by atoms with Gasteiger partial charge in [0.2, 0.25) is 0 Å². The Balaban J connectivity index is 1.95. The van der Waals surface area contributed by atoms with Crippen molar-refractivity contribution in [1.29, 1.82) is 0 Å². The highest BCUT2D eigenvalue weighted by atomic mass is 32.1. The third-order valence-corrected chi connectivity index (χ3v) is 4.44. The molecule has 0 radical (unpaired) electrons. The van der Waals surface area contributed by atoms with Gasteiger partial charge in [-0.05, 0) is 23.8 Å². The number of nitrogens with zero attached hydrogens (tertiary/aromatic N) is 1. The van der Waals surface area contributed by atoms with Crippen molar-refractivity contribution in [3.63, 3.8) is 0 Å². The van der Waals surface area contributed by atoms with Crippen LogP contribution in [0.3, 0.4) is 0 Å². The molecule has 124 valence electrons. The SMILES string of the molecule is O=C(O)c1sc(-c2ccc(C(F)(F)F)cc2)nc1Cc1ccoc1. The zero-order valence-electron chi connectivity index (χ0n) is 12.0. The number of carboxylic acid groups (broad SMARTS) is 1. The van der Waals surface area contributed by atoms with E-state index in [0.29, 0.717) is 16.3 Å². The Morgan fingerprint density at radius 2 is 1.92 bits per heavy atom. The number of halogens is 3. The molecule has 2 heterocycles. The summed E-state index contributed by atoms with van der Waals surface area (Å²) in [7, 11) is 0. The van der Waals surface area contributed by atoms with Gasteiger partial charge in [-0.25, -0.2) is 9.78 Å². The number of hydrogen-bond acceptors (Lipinski definition) is 4.